The van der Waals surface area contributed by atoms with Crippen molar-refractivity contribution in [2.75, 3.05) is 23.9 Å². The first-order valence-electron chi connectivity index (χ1n) is 7.36. The SMILES string of the molecule is CN(C)c1ccc(/C=C2/NC(=O)N(c3ccccc3)C2=O)cc1Br. The number of hydrogen-bond donors (Lipinski definition) is 1. The number of nitrogens with one attached hydrogen (secondary N) is 1. The van der Waals surface area contributed by atoms with Gasteiger partial charge in [0.15, 0.2) is 0 Å². The Kier molecular flexibility index (Phi) is 4.40. The molecule has 1 aliphatic rings. The van der Waals surface area contributed by atoms with Gasteiger partial charge < -0.3 is 10.2 Å². The van der Waals surface area contributed by atoms with Gasteiger partial charge in [0, 0.05) is 18.6 Å². The van der Waals surface area contributed by atoms with E-state index >= 15 is 0 Å². The Labute approximate surface area is 148 Å². The first-order chi connectivity index (χ1) is 11.5. The van der Waals surface area contributed by atoms with Gasteiger partial charge in [-0.1, -0.05) is 24.3 Å². The normalized spacial score (nSPS) is 15.8. The summed E-state index contributed by atoms with van der Waals surface area (Å²) in [5.41, 5.74) is 2.66. The molecule has 1 heterocycles. The highest BCUT2D eigenvalue weighted by atomic mass is 79.9. The van der Waals surface area contributed by atoms with Crippen LogP contribution in [0, 0.1) is 0 Å². The molecule has 0 atom stereocenters. The van der Waals surface area contributed by atoms with Crippen molar-refractivity contribution >= 4 is 45.3 Å². The Hall–Kier alpha value is -2.60. The van der Waals surface area contributed by atoms with E-state index in [9.17, 15) is 9.59 Å². The monoisotopic (exact) mass is 385 g/mol. The minimum atomic E-state index is -0.443. The Morgan fingerprint density at radius 3 is 2.42 bits per heavy atom. The topological polar surface area (TPSA) is 52.7 Å². The van der Waals surface area contributed by atoms with Gasteiger partial charge in [0.05, 0.1) is 11.4 Å². The summed E-state index contributed by atoms with van der Waals surface area (Å²) in [4.78, 5) is 27.8. The molecule has 0 saturated carbocycles. The van der Waals surface area contributed by atoms with Gasteiger partial charge in [0.1, 0.15) is 5.70 Å². The van der Waals surface area contributed by atoms with Crippen LogP contribution in [-0.2, 0) is 4.79 Å². The highest BCUT2D eigenvalue weighted by Gasteiger charge is 2.34. The van der Waals surface area contributed by atoms with E-state index in [0.717, 1.165) is 20.6 Å². The number of carbonyl (C=O) groups excluding carboxylic acids is 2. The Morgan fingerprint density at radius 2 is 1.79 bits per heavy atom. The molecule has 1 saturated heterocycles. The summed E-state index contributed by atoms with van der Waals surface area (Å²) in [6, 6.07) is 14.2. The molecule has 0 radical (unpaired) electrons. The third-order valence-electron chi connectivity index (χ3n) is 3.66. The van der Waals surface area contributed by atoms with Crippen LogP contribution < -0.4 is 15.1 Å². The molecule has 24 heavy (non-hydrogen) atoms. The summed E-state index contributed by atoms with van der Waals surface area (Å²) in [7, 11) is 3.91. The standard InChI is InChI=1S/C18H16BrN3O2/c1-21(2)16-9-8-12(10-14(16)19)11-15-17(23)22(18(24)20-15)13-6-4-3-5-7-13/h3-11H,1-2H3,(H,20,24)/b15-11+. The average Bonchev–Trinajstić information content (AvgIpc) is 2.82. The van der Waals surface area contributed by atoms with Gasteiger partial charge in [0.25, 0.3) is 5.91 Å². The van der Waals surface area contributed by atoms with Crippen molar-refractivity contribution in [1.29, 1.82) is 0 Å². The second-order valence-electron chi connectivity index (χ2n) is 5.57. The van der Waals surface area contributed by atoms with Crippen molar-refractivity contribution in [3.8, 4) is 0 Å². The molecule has 1 fully saturated rings. The van der Waals surface area contributed by atoms with Crippen LogP contribution in [0.5, 0.6) is 0 Å². The van der Waals surface area contributed by atoms with Crippen molar-refractivity contribution in [3.05, 3.63) is 64.3 Å². The highest BCUT2D eigenvalue weighted by molar-refractivity contribution is 9.10. The molecule has 1 aliphatic heterocycles. The molecule has 2 aromatic rings. The second-order valence-corrected chi connectivity index (χ2v) is 6.42. The number of amides is 3. The molecular formula is C18H16BrN3O2. The minimum Gasteiger partial charge on any atom is -0.377 e. The molecule has 3 rings (SSSR count). The second kappa shape index (κ2) is 6.49. The third kappa shape index (κ3) is 3.05. The summed E-state index contributed by atoms with van der Waals surface area (Å²) in [6.07, 6.45) is 1.67. The van der Waals surface area contributed by atoms with Crippen molar-refractivity contribution in [3.63, 3.8) is 0 Å². The van der Waals surface area contributed by atoms with E-state index in [-0.39, 0.29) is 11.6 Å². The molecule has 3 amide bonds. The Morgan fingerprint density at radius 1 is 1.08 bits per heavy atom. The maximum absolute atomic E-state index is 12.5. The zero-order valence-electron chi connectivity index (χ0n) is 13.3. The fourth-order valence-corrected chi connectivity index (χ4v) is 3.24. The molecule has 2 aromatic carbocycles. The first-order valence-corrected chi connectivity index (χ1v) is 8.16. The number of nitrogens with zero attached hydrogens (tertiary/aromatic N) is 2. The lowest BCUT2D eigenvalue weighted by Crippen LogP contribution is -2.30. The third-order valence-corrected chi connectivity index (χ3v) is 4.29. The maximum atomic E-state index is 12.5. The molecule has 0 aliphatic carbocycles. The number of hydrogen-bond acceptors (Lipinski definition) is 3. The number of halogens is 1. The predicted octanol–water partition coefficient (Wildman–Crippen LogP) is 3.61. The number of rotatable bonds is 3. The summed E-state index contributed by atoms with van der Waals surface area (Å²) in [6.45, 7) is 0. The zero-order chi connectivity index (χ0) is 17.3. The molecule has 0 aromatic heterocycles. The van der Waals surface area contributed by atoms with Crippen molar-refractivity contribution in [2.45, 2.75) is 0 Å². The number of benzene rings is 2. The van der Waals surface area contributed by atoms with Crippen molar-refractivity contribution < 1.29 is 9.59 Å². The largest absolute Gasteiger partial charge is 0.377 e. The quantitative estimate of drug-likeness (QED) is 0.648. The van der Waals surface area contributed by atoms with Crippen LogP contribution in [-0.4, -0.2) is 26.0 Å². The Bertz CT molecular complexity index is 831. The number of para-hydroxylation sites is 1. The molecule has 0 bridgehead atoms. The van der Waals surface area contributed by atoms with Crippen LogP contribution in [0.3, 0.4) is 0 Å². The van der Waals surface area contributed by atoms with E-state index in [4.69, 9.17) is 0 Å². The lowest BCUT2D eigenvalue weighted by molar-refractivity contribution is -0.113. The zero-order valence-corrected chi connectivity index (χ0v) is 14.9. The summed E-state index contributed by atoms with van der Waals surface area (Å²) in [5.74, 6) is -0.362. The van der Waals surface area contributed by atoms with Gasteiger partial charge in [-0.05, 0) is 51.8 Å². The smallest absolute Gasteiger partial charge is 0.333 e. The number of urea groups is 1. The molecule has 5 nitrogen and oxygen atoms in total. The number of anilines is 2. The molecule has 122 valence electrons. The summed E-state index contributed by atoms with van der Waals surface area (Å²) < 4.78 is 0.915. The first kappa shape index (κ1) is 16.3. The molecule has 6 heteroatoms. The van der Waals surface area contributed by atoms with Crippen molar-refractivity contribution in [1.82, 2.24) is 5.32 Å². The summed E-state index contributed by atoms with van der Waals surface area (Å²) >= 11 is 3.52. The number of imide groups is 1. The van der Waals surface area contributed by atoms with E-state index in [2.05, 4.69) is 21.2 Å². The van der Waals surface area contributed by atoms with Crippen LogP contribution in [0.15, 0.2) is 58.7 Å². The average molecular weight is 386 g/mol. The van der Waals surface area contributed by atoms with Gasteiger partial charge in [-0.2, -0.15) is 0 Å². The summed E-state index contributed by atoms with van der Waals surface area (Å²) in [5, 5.41) is 2.63. The van der Waals surface area contributed by atoms with E-state index < -0.39 is 6.03 Å². The fourth-order valence-electron chi connectivity index (χ4n) is 2.49. The van der Waals surface area contributed by atoms with Gasteiger partial charge in [-0.15, -0.1) is 0 Å². The van der Waals surface area contributed by atoms with Crippen molar-refractivity contribution in [2.24, 2.45) is 0 Å². The van der Waals surface area contributed by atoms with E-state index in [1.807, 2.05) is 43.3 Å². The van der Waals surface area contributed by atoms with Crippen LogP contribution in [0.25, 0.3) is 6.08 Å². The lowest BCUT2D eigenvalue weighted by Gasteiger charge is -2.14. The van der Waals surface area contributed by atoms with Crippen LogP contribution >= 0.6 is 15.9 Å². The van der Waals surface area contributed by atoms with Gasteiger partial charge in [-0.25, -0.2) is 9.69 Å². The number of carbonyl (C=O) groups is 2. The van der Waals surface area contributed by atoms with Crippen LogP contribution in [0.2, 0.25) is 0 Å². The Balaban J connectivity index is 1.91. The molecule has 0 unspecified atom stereocenters. The molecule has 0 spiro atoms. The van der Waals surface area contributed by atoms with Crippen LogP contribution in [0.1, 0.15) is 5.56 Å². The van der Waals surface area contributed by atoms with E-state index in [1.165, 1.54) is 0 Å². The van der Waals surface area contributed by atoms with Crippen LogP contribution in [0.4, 0.5) is 16.2 Å². The van der Waals surface area contributed by atoms with E-state index in [1.54, 1.807) is 30.3 Å². The lowest BCUT2D eigenvalue weighted by atomic mass is 10.1. The molecule has 1 N–H and O–H groups in total. The van der Waals surface area contributed by atoms with Gasteiger partial charge in [-0.3, -0.25) is 4.79 Å². The fraction of sp³-hybridized carbons (Fsp3) is 0.111. The molecular weight excluding hydrogens is 370 g/mol. The van der Waals surface area contributed by atoms with Gasteiger partial charge >= 0.3 is 6.03 Å². The van der Waals surface area contributed by atoms with E-state index in [0.29, 0.717) is 5.69 Å². The predicted molar refractivity (Wildman–Crippen MR) is 98.9 cm³/mol. The minimum absolute atomic E-state index is 0.258. The van der Waals surface area contributed by atoms with Gasteiger partial charge in [0.2, 0.25) is 0 Å². The highest BCUT2D eigenvalue weighted by Crippen LogP contribution is 2.27. The maximum Gasteiger partial charge on any atom is 0.333 e.